The van der Waals surface area contributed by atoms with Crippen LogP contribution in [-0.2, 0) is 13.8 Å². The third-order valence-corrected chi connectivity index (χ3v) is 2.64. The number of rotatable bonds is 4. The van der Waals surface area contributed by atoms with Crippen LogP contribution < -0.4 is 59.1 Å². The van der Waals surface area contributed by atoms with Gasteiger partial charge in [0.1, 0.15) is 18.3 Å². The summed E-state index contributed by atoms with van der Waals surface area (Å²) in [5.41, 5.74) is 0. The van der Waals surface area contributed by atoms with Crippen molar-refractivity contribution >= 4 is 7.82 Å². The minimum Gasteiger partial charge on any atom is -1.00 e. The van der Waals surface area contributed by atoms with Gasteiger partial charge >= 0.3 is 66.9 Å². The van der Waals surface area contributed by atoms with Crippen molar-refractivity contribution in [2.75, 3.05) is 13.2 Å². The van der Waals surface area contributed by atoms with E-state index >= 15 is 0 Å². The predicted molar refractivity (Wildman–Crippen MR) is 49.1 cm³/mol. The molecule has 0 bridgehead atoms. The normalized spacial score (nSPS) is 35.8. The summed E-state index contributed by atoms with van der Waals surface area (Å²) in [5, 5.41) is 36.7. The molecule has 18 heavy (non-hydrogen) atoms. The van der Waals surface area contributed by atoms with Gasteiger partial charge in [-0.1, -0.05) is 0 Å². The number of aliphatic hydroxyl groups excluding tert-OH is 3. The smallest absolute Gasteiger partial charge is 1.00 e. The molecule has 0 unspecified atom stereocenters. The quantitative estimate of drug-likeness (QED) is 0.219. The Balaban J connectivity index is -0.000000320. The molecule has 1 rings (SSSR count). The molecular formula is C6H15Na2O9P. The van der Waals surface area contributed by atoms with Crippen LogP contribution in [0.2, 0.25) is 0 Å². The summed E-state index contributed by atoms with van der Waals surface area (Å²) < 4.78 is 19.1. The van der Waals surface area contributed by atoms with Crippen LogP contribution in [0.25, 0.3) is 0 Å². The van der Waals surface area contributed by atoms with E-state index in [4.69, 9.17) is 14.9 Å². The third kappa shape index (κ3) is 5.72. The average Bonchev–Trinajstić information content (AvgIpc) is 2.40. The molecule has 0 aromatic rings. The van der Waals surface area contributed by atoms with E-state index in [-0.39, 0.29) is 62.0 Å². The first kappa shape index (κ1) is 22.2. The van der Waals surface area contributed by atoms with E-state index in [0.717, 1.165) is 0 Å². The molecule has 100 valence electrons. The molecule has 0 aromatic heterocycles. The first-order chi connectivity index (χ1) is 7.19. The second-order valence-electron chi connectivity index (χ2n) is 3.38. The number of phosphoric ester groups is 1. The van der Waals surface area contributed by atoms with Crippen molar-refractivity contribution in [3.8, 4) is 0 Å². The van der Waals surface area contributed by atoms with Gasteiger partial charge in [-0.25, -0.2) is 4.57 Å². The van der Waals surface area contributed by atoms with Crippen LogP contribution in [0, 0.1) is 0 Å². The summed E-state index contributed by atoms with van der Waals surface area (Å²) in [7, 11) is -4.73. The Hall–Kier alpha value is 1.91. The van der Waals surface area contributed by atoms with Crippen molar-refractivity contribution in [1.82, 2.24) is 0 Å². The summed E-state index contributed by atoms with van der Waals surface area (Å²) in [6.45, 7) is -1.71. The van der Waals surface area contributed by atoms with Crippen LogP contribution in [0.4, 0.5) is 0 Å². The molecule has 0 amide bonds. The van der Waals surface area contributed by atoms with Gasteiger partial charge in [0.05, 0.1) is 13.2 Å². The molecule has 9 nitrogen and oxygen atoms in total. The summed E-state index contributed by atoms with van der Waals surface area (Å²) >= 11 is 0. The van der Waals surface area contributed by atoms with E-state index in [0.29, 0.717) is 0 Å². The Labute approximate surface area is 150 Å². The molecular weight excluding hydrogens is 293 g/mol. The van der Waals surface area contributed by atoms with Gasteiger partial charge in [0.2, 0.25) is 5.79 Å². The second kappa shape index (κ2) is 8.38. The Bertz CT molecular complexity index is 308. The fraction of sp³-hybridized carbons (Fsp3) is 1.00. The minimum atomic E-state index is -4.73. The number of ether oxygens (including phenoxy) is 1. The van der Waals surface area contributed by atoms with Crippen LogP contribution in [0.3, 0.4) is 0 Å². The topological polar surface area (TPSA) is 157 Å². The Morgan fingerprint density at radius 2 is 1.83 bits per heavy atom. The van der Waals surface area contributed by atoms with Gasteiger partial charge in [0.25, 0.3) is 0 Å². The van der Waals surface area contributed by atoms with Gasteiger partial charge in [-0.15, -0.1) is 0 Å². The summed E-state index contributed by atoms with van der Waals surface area (Å²) in [6.07, 6.45) is -4.76. The molecule has 0 aliphatic carbocycles. The zero-order valence-electron chi connectivity index (χ0n) is 12.0. The summed E-state index contributed by atoms with van der Waals surface area (Å²) in [6, 6.07) is 0. The van der Waals surface area contributed by atoms with Crippen LogP contribution in [0.5, 0.6) is 0 Å². The SMILES string of the molecule is O=P(O)(O)OC[C@H]1O[C@](O)(CO)[C@@H](O)[C@@H]1O.[H-].[H-].[Na+].[Na+]. The van der Waals surface area contributed by atoms with Crippen molar-refractivity contribution in [2.24, 2.45) is 0 Å². The van der Waals surface area contributed by atoms with Gasteiger partial charge < -0.3 is 37.8 Å². The van der Waals surface area contributed by atoms with Crippen molar-refractivity contribution in [3.05, 3.63) is 0 Å². The second-order valence-corrected chi connectivity index (χ2v) is 4.62. The minimum absolute atomic E-state index is 0. The Morgan fingerprint density at radius 3 is 2.17 bits per heavy atom. The largest absolute Gasteiger partial charge is 1.00 e. The van der Waals surface area contributed by atoms with Gasteiger partial charge in [-0.3, -0.25) is 4.52 Å². The molecule has 0 spiro atoms. The maximum Gasteiger partial charge on any atom is 1.00 e. The molecule has 4 atom stereocenters. The van der Waals surface area contributed by atoms with E-state index in [1.54, 1.807) is 0 Å². The predicted octanol–water partition coefficient (Wildman–Crippen LogP) is -8.87. The first-order valence-corrected chi connectivity index (χ1v) is 5.80. The van der Waals surface area contributed by atoms with Crippen LogP contribution in [0.1, 0.15) is 2.85 Å². The van der Waals surface area contributed by atoms with E-state index in [9.17, 15) is 19.9 Å². The van der Waals surface area contributed by atoms with Crippen molar-refractivity contribution in [2.45, 2.75) is 24.1 Å². The fourth-order valence-corrected chi connectivity index (χ4v) is 1.65. The van der Waals surface area contributed by atoms with Crippen molar-refractivity contribution in [1.29, 1.82) is 0 Å². The van der Waals surface area contributed by atoms with Gasteiger partial charge in [0, 0.05) is 0 Å². The van der Waals surface area contributed by atoms with Crippen LogP contribution >= 0.6 is 7.82 Å². The van der Waals surface area contributed by atoms with E-state index in [1.165, 1.54) is 0 Å². The maximum atomic E-state index is 10.4. The number of phosphoric acid groups is 1. The maximum absolute atomic E-state index is 10.4. The molecule has 0 aromatic carbocycles. The molecule has 0 saturated carbocycles. The fourth-order valence-electron chi connectivity index (χ4n) is 1.31. The zero-order chi connectivity index (χ0) is 12.6. The molecule has 0 radical (unpaired) electrons. The van der Waals surface area contributed by atoms with E-state index in [2.05, 4.69) is 9.26 Å². The van der Waals surface area contributed by atoms with E-state index < -0.39 is 45.1 Å². The standard InChI is InChI=1S/C6H13O9P.2Na.2H/c7-2-6(10)5(9)4(8)3(15-6)1-14-16(11,12)13;;;;/h3-5,7-10H,1-2H2,(H2,11,12,13);;;;/q;2*+1;2*-1/t3-,4-,5+,6-;;;;/m1..../s1. The third-order valence-electron chi connectivity index (χ3n) is 2.16. The molecule has 1 heterocycles. The molecule has 12 heteroatoms. The van der Waals surface area contributed by atoms with Crippen molar-refractivity contribution < 1.29 is 106 Å². The van der Waals surface area contributed by atoms with Gasteiger partial charge in [-0.05, 0) is 0 Å². The average molecular weight is 308 g/mol. The molecule has 6 N–H and O–H groups in total. The molecule has 1 fully saturated rings. The first-order valence-electron chi connectivity index (χ1n) is 4.27. The molecule has 1 aliphatic heterocycles. The van der Waals surface area contributed by atoms with Crippen molar-refractivity contribution in [3.63, 3.8) is 0 Å². The molecule has 1 saturated heterocycles. The summed E-state index contributed by atoms with van der Waals surface area (Å²) in [4.78, 5) is 16.8. The number of aliphatic hydroxyl groups is 4. The molecule has 1 aliphatic rings. The monoisotopic (exact) mass is 308 g/mol. The number of hydrogen-bond acceptors (Lipinski definition) is 7. The van der Waals surface area contributed by atoms with E-state index in [1.807, 2.05) is 0 Å². The Morgan fingerprint density at radius 1 is 1.33 bits per heavy atom. The number of hydrogen-bond donors (Lipinski definition) is 6. The Kier molecular flexibility index (Phi) is 10.3. The zero-order valence-corrected chi connectivity index (χ0v) is 14.9. The van der Waals surface area contributed by atoms with Crippen LogP contribution in [-0.4, -0.2) is 67.5 Å². The van der Waals surface area contributed by atoms with Gasteiger partial charge in [-0.2, -0.15) is 0 Å². The summed E-state index contributed by atoms with van der Waals surface area (Å²) in [5.74, 6) is -2.36. The van der Waals surface area contributed by atoms with Gasteiger partial charge in [0.15, 0.2) is 0 Å². The van der Waals surface area contributed by atoms with Crippen LogP contribution in [0.15, 0.2) is 0 Å².